The van der Waals surface area contributed by atoms with Gasteiger partial charge in [-0.1, -0.05) is 6.07 Å². The highest BCUT2D eigenvalue weighted by molar-refractivity contribution is 6.04. The number of amides is 2. The highest BCUT2D eigenvalue weighted by atomic mass is 19.1. The monoisotopic (exact) mass is 409 g/mol. The van der Waals surface area contributed by atoms with Crippen LogP contribution in [0, 0.1) is 11.6 Å². The van der Waals surface area contributed by atoms with Crippen molar-refractivity contribution < 1.29 is 18.4 Å². The molecule has 0 saturated heterocycles. The maximum Gasteiger partial charge on any atom is 0.253 e. The van der Waals surface area contributed by atoms with E-state index in [2.05, 4.69) is 20.6 Å². The summed E-state index contributed by atoms with van der Waals surface area (Å²) in [5.41, 5.74) is 1.35. The molecule has 0 aliphatic carbocycles. The van der Waals surface area contributed by atoms with Crippen LogP contribution in [0.4, 0.5) is 20.3 Å². The Morgan fingerprint density at radius 2 is 2.03 bits per heavy atom. The van der Waals surface area contributed by atoms with E-state index in [0.717, 1.165) is 18.2 Å². The van der Waals surface area contributed by atoms with Crippen LogP contribution in [-0.2, 0) is 17.9 Å². The number of benzene rings is 1. The van der Waals surface area contributed by atoms with Crippen molar-refractivity contribution in [3.8, 4) is 0 Å². The number of rotatable bonds is 5. The molecular formula is C21H17F2N5O2. The quantitative estimate of drug-likeness (QED) is 0.677. The Kier molecular flexibility index (Phi) is 5.34. The van der Waals surface area contributed by atoms with Crippen LogP contribution in [0.15, 0.2) is 54.9 Å². The number of carbonyl (C=O) groups excluding carboxylic acids is 2. The first-order chi connectivity index (χ1) is 14.5. The Morgan fingerprint density at radius 3 is 2.83 bits per heavy atom. The fraction of sp³-hybridized carbons (Fsp3) is 0.143. The van der Waals surface area contributed by atoms with Crippen molar-refractivity contribution in [1.82, 2.24) is 15.3 Å². The third kappa shape index (κ3) is 4.09. The molecule has 4 rings (SSSR count). The molecule has 1 aliphatic rings. The van der Waals surface area contributed by atoms with Crippen LogP contribution in [0.25, 0.3) is 0 Å². The zero-order valence-corrected chi connectivity index (χ0v) is 15.7. The summed E-state index contributed by atoms with van der Waals surface area (Å²) in [6, 6.07) is 9.97. The number of hydrogen-bond donors (Lipinski definition) is 2. The zero-order chi connectivity index (χ0) is 21.1. The molecule has 2 N–H and O–H groups in total. The molecule has 1 aromatic carbocycles. The van der Waals surface area contributed by atoms with E-state index in [1.807, 2.05) is 6.07 Å². The molecule has 0 atom stereocenters. The fourth-order valence-electron chi connectivity index (χ4n) is 3.09. The molecule has 0 unspecified atom stereocenters. The summed E-state index contributed by atoms with van der Waals surface area (Å²) >= 11 is 0. The highest BCUT2D eigenvalue weighted by Crippen LogP contribution is 2.29. The molecular weight excluding hydrogens is 392 g/mol. The van der Waals surface area contributed by atoms with Crippen LogP contribution in [0.3, 0.4) is 0 Å². The third-order valence-corrected chi connectivity index (χ3v) is 4.62. The van der Waals surface area contributed by atoms with Crippen LogP contribution in [0.5, 0.6) is 0 Å². The van der Waals surface area contributed by atoms with Crippen molar-refractivity contribution in [2.75, 3.05) is 16.8 Å². The SMILES string of the molecule is O=C(NCc1cc(F)ccc1F)c1cnc2c(c1)N(Cc1ccccn1)C(=O)CN2. The van der Waals surface area contributed by atoms with Gasteiger partial charge in [0, 0.05) is 24.5 Å². The Morgan fingerprint density at radius 1 is 1.17 bits per heavy atom. The number of hydrogen-bond acceptors (Lipinski definition) is 5. The molecule has 7 nitrogen and oxygen atoms in total. The van der Waals surface area contributed by atoms with Crippen molar-refractivity contribution in [2.45, 2.75) is 13.1 Å². The van der Waals surface area contributed by atoms with Gasteiger partial charge in [-0.05, 0) is 36.4 Å². The van der Waals surface area contributed by atoms with E-state index in [-0.39, 0.29) is 36.7 Å². The summed E-state index contributed by atoms with van der Waals surface area (Å²) in [7, 11) is 0. The van der Waals surface area contributed by atoms with Gasteiger partial charge in [0.2, 0.25) is 5.91 Å². The van der Waals surface area contributed by atoms with E-state index in [9.17, 15) is 18.4 Å². The molecule has 2 aromatic heterocycles. The second-order valence-electron chi connectivity index (χ2n) is 6.66. The minimum absolute atomic E-state index is 0.0305. The lowest BCUT2D eigenvalue weighted by atomic mass is 10.1. The average molecular weight is 409 g/mol. The molecule has 1 aliphatic heterocycles. The van der Waals surface area contributed by atoms with E-state index in [1.54, 1.807) is 18.3 Å². The van der Waals surface area contributed by atoms with Crippen molar-refractivity contribution in [3.05, 3.63) is 83.3 Å². The third-order valence-electron chi connectivity index (χ3n) is 4.62. The minimum Gasteiger partial charge on any atom is -0.359 e. The van der Waals surface area contributed by atoms with Gasteiger partial charge >= 0.3 is 0 Å². The smallest absolute Gasteiger partial charge is 0.253 e. The van der Waals surface area contributed by atoms with Gasteiger partial charge in [0.05, 0.1) is 30.0 Å². The Hall–Kier alpha value is -3.88. The number of halogens is 2. The van der Waals surface area contributed by atoms with E-state index in [0.29, 0.717) is 17.2 Å². The minimum atomic E-state index is -0.614. The Balaban J connectivity index is 1.55. The molecule has 3 aromatic rings. The summed E-state index contributed by atoms with van der Waals surface area (Å²) in [6.07, 6.45) is 2.99. The normalized spacial score (nSPS) is 12.9. The molecule has 0 radical (unpaired) electrons. The van der Waals surface area contributed by atoms with Gasteiger partial charge in [0.25, 0.3) is 5.91 Å². The molecule has 0 fully saturated rings. The van der Waals surface area contributed by atoms with Gasteiger partial charge in [-0.15, -0.1) is 0 Å². The number of carbonyl (C=O) groups is 2. The van der Waals surface area contributed by atoms with E-state index >= 15 is 0 Å². The second kappa shape index (κ2) is 8.24. The lowest BCUT2D eigenvalue weighted by Gasteiger charge is -2.29. The van der Waals surface area contributed by atoms with Crippen molar-refractivity contribution >= 4 is 23.3 Å². The van der Waals surface area contributed by atoms with E-state index in [1.165, 1.54) is 17.2 Å². The number of nitrogens with one attached hydrogen (secondary N) is 2. The summed E-state index contributed by atoms with van der Waals surface area (Å²) in [6.45, 7) is 0.126. The number of aromatic nitrogens is 2. The number of pyridine rings is 2. The molecule has 152 valence electrons. The van der Waals surface area contributed by atoms with Gasteiger partial charge in [-0.2, -0.15) is 0 Å². The van der Waals surface area contributed by atoms with Gasteiger partial charge in [0.1, 0.15) is 11.6 Å². The van der Waals surface area contributed by atoms with Crippen LogP contribution in [0.2, 0.25) is 0 Å². The molecule has 0 spiro atoms. The van der Waals surface area contributed by atoms with Crippen molar-refractivity contribution in [2.24, 2.45) is 0 Å². The van der Waals surface area contributed by atoms with Gasteiger partial charge in [-0.3, -0.25) is 14.6 Å². The zero-order valence-electron chi connectivity index (χ0n) is 15.7. The Labute approximate surface area is 170 Å². The van der Waals surface area contributed by atoms with Gasteiger partial charge < -0.3 is 15.5 Å². The number of anilines is 2. The molecule has 0 bridgehead atoms. The summed E-state index contributed by atoms with van der Waals surface area (Å²) in [5, 5.41) is 5.46. The van der Waals surface area contributed by atoms with Crippen molar-refractivity contribution in [3.63, 3.8) is 0 Å². The molecule has 0 saturated carbocycles. The first kappa shape index (κ1) is 19.4. The topological polar surface area (TPSA) is 87.2 Å². The maximum absolute atomic E-state index is 13.8. The molecule has 9 heteroatoms. The second-order valence-corrected chi connectivity index (χ2v) is 6.66. The van der Waals surface area contributed by atoms with Crippen LogP contribution >= 0.6 is 0 Å². The lowest BCUT2D eigenvalue weighted by molar-refractivity contribution is -0.117. The number of nitrogens with zero attached hydrogens (tertiary/aromatic N) is 3. The predicted octanol–water partition coefficient (Wildman–Crippen LogP) is 2.64. The van der Waals surface area contributed by atoms with Crippen molar-refractivity contribution in [1.29, 1.82) is 0 Å². The van der Waals surface area contributed by atoms with Gasteiger partial charge in [0.15, 0.2) is 5.82 Å². The van der Waals surface area contributed by atoms with Crippen LogP contribution < -0.4 is 15.5 Å². The largest absolute Gasteiger partial charge is 0.359 e. The van der Waals surface area contributed by atoms with Crippen LogP contribution in [-0.4, -0.2) is 28.3 Å². The Bertz CT molecular complexity index is 1110. The summed E-state index contributed by atoms with van der Waals surface area (Å²) in [4.78, 5) is 35.0. The predicted molar refractivity (Wildman–Crippen MR) is 106 cm³/mol. The molecule has 30 heavy (non-hydrogen) atoms. The molecule has 2 amide bonds. The standard InChI is InChI=1S/C21H17F2N5O2/c22-15-4-5-17(23)13(7-15)9-27-21(30)14-8-18-20(25-10-14)26-11-19(29)28(18)12-16-3-1-2-6-24-16/h1-8,10H,9,11-12H2,(H,25,26)(H,27,30). The van der Waals surface area contributed by atoms with Gasteiger partial charge in [-0.25, -0.2) is 13.8 Å². The lowest BCUT2D eigenvalue weighted by Crippen LogP contribution is -2.40. The first-order valence-corrected chi connectivity index (χ1v) is 9.17. The maximum atomic E-state index is 13.8. The van der Waals surface area contributed by atoms with E-state index in [4.69, 9.17) is 0 Å². The average Bonchev–Trinajstić information content (AvgIpc) is 2.76. The highest BCUT2D eigenvalue weighted by Gasteiger charge is 2.26. The number of fused-ring (bicyclic) bond motifs is 1. The fourth-order valence-corrected chi connectivity index (χ4v) is 3.09. The molecule has 3 heterocycles. The van der Waals surface area contributed by atoms with Crippen LogP contribution in [0.1, 0.15) is 21.6 Å². The first-order valence-electron chi connectivity index (χ1n) is 9.17. The summed E-state index contributed by atoms with van der Waals surface area (Å²) in [5.74, 6) is -1.44. The summed E-state index contributed by atoms with van der Waals surface area (Å²) < 4.78 is 27.1. The van der Waals surface area contributed by atoms with E-state index < -0.39 is 17.5 Å².